The summed E-state index contributed by atoms with van der Waals surface area (Å²) in [4.78, 5) is 65.9. The number of morpholine rings is 1. The van der Waals surface area contributed by atoms with Gasteiger partial charge in [-0.15, -0.1) is 0 Å². The Morgan fingerprint density at radius 3 is 2.20 bits per heavy atom. The predicted octanol–water partition coefficient (Wildman–Crippen LogP) is 0.0563. The van der Waals surface area contributed by atoms with Gasteiger partial charge in [-0.3, -0.25) is 24.1 Å². The Morgan fingerprint density at radius 1 is 0.956 bits per heavy atom. The molecule has 3 fully saturated rings. The van der Waals surface area contributed by atoms with Crippen molar-refractivity contribution in [3.8, 4) is 5.75 Å². The van der Waals surface area contributed by atoms with Gasteiger partial charge in [-0.1, -0.05) is 12.1 Å². The van der Waals surface area contributed by atoms with Gasteiger partial charge in [-0.05, 0) is 62.6 Å². The number of rotatable bonds is 15. The summed E-state index contributed by atoms with van der Waals surface area (Å²) in [5.41, 5.74) is 5.92. The van der Waals surface area contributed by atoms with Gasteiger partial charge >= 0.3 is 6.09 Å². The predicted molar refractivity (Wildman–Crippen MR) is 161 cm³/mol. The molecule has 1 aromatic carbocycles. The van der Waals surface area contributed by atoms with Crippen LogP contribution in [0.5, 0.6) is 5.75 Å². The number of amides is 4. The minimum Gasteiger partial charge on any atom is -0.497 e. The van der Waals surface area contributed by atoms with Crippen molar-refractivity contribution in [3.05, 3.63) is 29.8 Å². The molecule has 0 unspecified atom stereocenters. The molecular weight excluding hydrogens is 586 g/mol. The monoisotopic (exact) mass is 631 g/mol. The van der Waals surface area contributed by atoms with Crippen LogP contribution in [0.4, 0.5) is 4.79 Å². The highest BCUT2D eigenvalue weighted by Gasteiger charge is 2.39. The maximum Gasteiger partial charge on any atom is 0.404 e. The third-order valence-corrected chi connectivity index (χ3v) is 8.43. The zero-order chi connectivity index (χ0) is 32.3. The van der Waals surface area contributed by atoms with Crippen LogP contribution in [0.3, 0.4) is 0 Å². The van der Waals surface area contributed by atoms with E-state index in [4.69, 9.17) is 24.7 Å². The lowest BCUT2D eigenvalue weighted by atomic mass is 9.82. The average molecular weight is 632 g/mol. The topological polar surface area (TPSA) is 191 Å². The molecule has 4 amide bonds. The first kappa shape index (κ1) is 34.1. The normalized spacial score (nSPS) is 23.5. The molecule has 14 heteroatoms. The molecule has 1 saturated carbocycles. The molecule has 45 heavy (non-hydrogen) atoms. The molecule has 4 rings (SSSR count). The van der Waals surface area contributed by atoms with Crippen LogP contribution in [0.15, 0.2) is 24.3 Å². The number of carbonyl (C=O) groups is 5. The molecule has 4 atom stereocenters. The molecule has 5 N–H and O–H groups in total. The lowest BCUT2D eigenvalue weighted by Gasteiger charge is -2.31. The number of epoxide rings is 1. The second kappa shape index (κ2) is 16.5. The van der Waals surface area contributed by atoms with Crippen molar-refractivity contribution in [1.82, 2.24) is 20.9 Å². The molecule has 14 nitrogen and oxygen atoms in total. The van der Waals surface area contributed by atoms with E-state index in [1.165, 1.54) is 0 Å². The number of Topliss-reactive ketones (excluding diaryl/α,β-unsaturated/α-hetero) is 1. The summed E-state index contributed by atoms with van der Waals surface area (Å²) in [6.45, 7) is 4.36. The summed E-state index contributed by atoms with van der Waals surface area (Å²) in [6, 6.07) is 4.37. The molecule has 2 aliphatic heterocycles. The summed E-state index contributed by atoms with van der Waals surface area (Å²) in [5.74, 6) is -0.803. The highest BCUT2D eigenvalue weighted by molar-refractivity contribution is 5.96. The van der Waals surface area contributed by atoms with Crippen LogP contribution >= 0.6 is 0 Å². The molecule has 2 heterocycles. The van der Waals surface area contributed by atoms with Crippen molar-refractivity contribution in [1.29, 1.82) is 0 Å². The van der Waals surface area contributed by atoms with E-state index in [9.17, 15) is 24.0 Å². The van der Waals surface area contributed by atoms with Crippen molar-refractivity contribution in [2.24, 2.45) is 11.7 Å². The van der Waals surface area contributed by atoms with Gasteiger partial charge in [0.15, 0.2) is 5.78 Å². The minimum atomic E-state index is -1.03. The van der Waals surface area contributed by atoms with Gasteiger partial charge < -0.3 is 40.6 Å². The summed E-state index contributed by atoms with van der Waals surface area (Å²) >= 11 is 0. The standard InChI is InChI=1S/C31H45N5O9/c1-19(33-27(37)17-36-11-13-43-14-12-36)29(39)35-25(16-21-3-7-22(42-2)8-4-21)30(40)34-24(28(38)26-18-44-26)15-20-5-9-23(10-6-20)45-31(32)41/h3-4,7-8,19-20,23-26H,5-6,9-18H2,1-2H3,(H2,32,41)(H,33,37)(H,34,40)(H,35,39)/t19-,20?,23?,24-,25-,26+/m0/s1. The van der Waals surface area contributed by atoms with Crippen LogP contribution in [0.2, 0.25) is 0 Å². The molecule has 2 saturated heterocycles. The number of carbonyl (C=O) groups excluding carboxylic acids is 5. The first-order valence-electron chi connectivity index (χ1n) is 15.6. The van der Waals surface area contributed by atoms with E-state index < -0.39 is 42.1 Å². The molecule has 0 bridgehead atoms. The van der Waals surface area contributed by atoms with Gasteiger partial charge in [0.1, 0.15) is 30.0 Å². The molecule has 0 aromatic heterocycles. The molecule has 3 aliphatic rings. The van der Waals surface area contributed by atoms with Gasteiger partial charge in [-0.2, -0.15) is 0 Å². The van der Waals surface area contributed by atoms with E-state index in [1.54, 1.807) is 38.3 Å². The van der Waals surface area contributed by atoms with Gasteiger partial charge in [0.25, 0.3) is 0 Å². The van der Waals surface area contributed by atoms with E-state index in [1.807, 2.05) is 4.90 Å². The maximum atomic E-state index is 13.8. The number of ether oxygens (including phenoxy) is 4. The second-order valence-electron chi connectivity index (χ2n) is 11.9. The van der Waals surface area contributed by atoms with Crippen molar-refractivity contribution >= 4 is 29.6 Å². The van der Waals surface area contributed by atoms with Crippen molar-refractivity contribution < 1.29 is 42.9 Å². The number of hydrogen-bond donors (Lipinski definition) is 4. The first-order chi connectivity index (χ1) is 21.6. The zero-order valence-electron chi connectivity index (χ0n) is 26.0. The molecular formula is C31H45N5O9. The molecule has 1 aliphatic carbocycles. The maximum absolute atomic E-state index is 13.8. The fourth-order valence-corrected chi connectivity index (χ4v) is 5.76. The number of hydrogen-bond acceptors (Lipinski definition) is 10. The Bertz CT molecular complexity index is 1180. The van der Waals surface area contributed by atoms with E-state index in [2.05, 4.69) is 16.0 Å². The third-order valence-electron chi connectivity index (χ3n) is 8.43. The minimum absolute atomic E-state index is 0.113. The molecule has 248 valence electrons. The largest absolute Gasteiger partial charge is 0.497 e. The van der Waals surface area contributed by atoms with Gasteiger partial charge in [0, 0.05) is 19.5 Å². The molecule has 1 aromatic rings. The quantitative estimate of drug-likeness (QED) is 0.193. The number of ketones is 1. The highest BCUT2D eigenvalue weighted by Crippen LogP contribution is 2.30. The fourth-order valence-electron chi connectivity index (χ4n) is 5.76. The Kier molecular flexibility index (Phi) is 12.5. The number of nitrogens with two attached hydrogens (primary N) is 1. The lowest BCUT2D eigenvalue weighted by molar-refractivity contribution is -0.133. The number of primary amides is 1. The van der Waals surface area contributed by atoms with Crippen LogP contribution in [0, 0.1) is 5.92 Å². The fraction of sp³-hybridized carbons (Fsp3) is 0.645. The first-order valence-corrected chi connectivity index (χ1v) is 15.6. The van der Waals surface area contributed by atoms with Gasteiger partial charge in [0.2, 0.25) is 17.7 Å². The molecule has 0 spiro atoms. The smallest absolute Gasteiger partial charge is 0.404 e. The zero-order valence-corrected chi connectivity index (χ0v) is 26.0. The van der Waals surface area contributed by atoms with E-state index in [-0.39, 0.29) is 36.7 Å². The van der Waals surface area contributed by atoms with Crippen LogP contribution in [0.25, 0.3) is 0 Å². The summed E-state index contributed by atoms with van der Waals surface area (Å²) < 4.78 is 20.9. The van der Waals surface area contributed by atoms with E-state index in [0.29, 0.717) is 70.8 Å². The Labute approximate surface area is 263 Å². The van der Waals surface area contributed by atoms with Crippen LogP contribution in [-0.2, 0) is 39.8 Å². The SMILES string of the molecule is COc1ccc(C[C@H](NC(=O)[C@H](C)NC(=O)CN2CCOCC2)C(=O)N[C@@H](CC2CCC(OC(N)=O)CC2)C(=O)[C@H]2CO2)cc1. The summed E-state index contributed by atoms with van der Waals surface area (Å²) in [5, 5.41) is 8.39. The number of nitrogens with zero attached hydrogens (tertiary/aromatic N) is 1. The highest BCUT2D eigenvalue weighted by atomic mass is 16.6. The van der Waals surface area contributed by atoms with Crippen molar-refractivity contribution in [2.75, 3.05) is 46.6 Å². The van der Waals surface area contributed by atoms with E-state index in [0.717, 1.165) is 5.56 Å². The number of nitrogens with one attached hydrogen (secondary N) is 3. The molecule has 0 radical (unpaired) electrons. The summed E-state index contributed by atoms with van der Waals surface area (Å²) in [6.07, 6.45) is 1.56. The average Bonchev–Trinajstić information content (AvgIpc) is 3.87. The second-order valence-corrected chi connectivity index (χ2v) is 11.9. The van der Waals surface area contributed by atoms with Crippen LogP contribution < -0.4 is 26.4 Å². The Balaban J connectivity index is 1.41. The third kappa shape index (κ3) is 11.0. The number of benzene rings is 1. The van der Waals surface area contributed by atoms with E-state index >= 15 is 0 Å². The summed E-state index contributed by atoms with van der Waals surface area (Å²) in [7, 11) is 1.55. The Hall–Kier alpha value is -3.75. The lowest BCUT2D eigenvalue weighted by Crippen LogP contribution is -2.57. The van der Waals surface area contributed by atoms with Crippen molar-refractivity contribution in [2.45, 2.75) is 75.8 Å². The number of methoxy groups -OCH3 is 1. The van der Waals surface area contributed by atoms with Gasteiger partial charge in [-0.25, -0.2) is 4.79 Å². The van der Waals surface area contributed by atoms with Crippen LogP contribution in [-0.4, -0.2) is 111 Å². The van der Waals surface area contributed by atoms with Crippen LogP contribution in [0.1, 0.15) is 44.6 Å². The van der Waals surface area contributed by atoms with Crippen molar-refractivity contribution in [3.63, 3.8) is 0 Å². The van der Waals surface area contributed by atoms with Gasteiger partial charge in [0.05, 0.1) is 39.5 Å². The Morgan fingerprint density at radius 2 is 1.60 bits per heavy atom.